The minimum atomic E-state index is -0.0579. The molecule has 1 aliphatic carbocycles. The molecule has 0 heterocycles. The van der Waals surface area contributed by atoms with Crippen LogP contribution in [0.15, 0.2) is 0 Å². The Labute approximate surface area is 50.7 Å². The molecule has 0 spiro atoms. The van der Waals surface area contributed by atoms with E-state index in [0.717, 1.165) is 0 Å². The molecular weight excluding hydrogens is 100 g/mol. The van der Waals surface area contributed by atoms with Gasteiger partial charge in [-0.25, -0.2) is 0 Å². The molecule has 1 aliphatic rings. The Balaban J connectivity index is 2.24. The molecule has 1 N–H and O–H groups in total. The van der Waals surface area contributed by atoms with Crippen molar-refractivity contribution in [1.82, 2.24) is 0 Å². The molecule has 0 aromatic carbocycles. The normalized spacial score (nSPS) is 26.2. The Hall–Kier alpha value is -0.0400. The Morgan fingerprint density at radius 1 is 1.38 bits per heavy atom. The second kappa shape index (κ2) is 2.49. The molecule has 1 saturated carbocycles. The largest absolute Gasteiger partial charge is 0.393 e. The molecule has 48 valence electrons. The molecule has 1 atom stereocenters. The zero-order valence-corrected chi connectivity index (χ0v) is 5.43. The maximum atomic E-state index is 9.05. The highest BCUT2D eigenvalue weighted by molar-refractivity contribution is 4.70. The van der Waals surface area contributed by atoms with Crippen molar-refractivity contribution in [3.8, 4) is 0 Å². The third-order valence-electron chi connectivity index (χ3n) is 2.08. The molecular formula is C7H14O. The minimum absolute atomic E-state index is 0.0579. The van der Waals surface area contributed by atoms with Crippen molar-refractivity contribution < 1.29 is 5.11 Å². The highest BCUT2D eigenvalue weighted by Crippen LogP contribution is 2.26. The maximum Gasteiger partial charge on any atom is 0.0540 e. The van der Waals surface area contributed by atoms with Crippen LogP contribution in [0.3, 0.4) is 0 Å². The van der Waals surface area contributed by atoms with Crippen LogP contribution < -0.4 is 0 Å². The Kier molecular flexibility index (Phi) is 1.90. The summed E-state index contributed by atoms with van der Waals surface area (Å²) in [5.41, 5.74) is 0. The average Bonchev–Trinajstić information content (AvgIpc) is 2.12. The minimum Gasteiger partial charge on any atom is -0.393 e. The predicted octanol–water partition coefficient (Wildman–Crippen LogP) is 1.56. The van der Waals surface area contributed by atoms with Gasteiger partial charge in [0.05, 0.1) is 6.10 Å². The van der Waals surface area contributed by atoms with Gasteiger partial charge in [-0.05, 0) is 25.7 Å². The number of aliphatic hydroxyl groups excluding tert-OH is 1. The zero-order valence-electron chi connectivity index (χ0n) is 5.43. The Bertz CT molecular complexity index is 62.8. The van der Waals surface area contributed by atoms with Crippen molar-refractivity contribution in [3.63, 3.8) is 0 Å². The van der Waals surface area contributed by atoms with Gasteiger partial charge in [0.1, 0.15) is 0 Å². The van der Waals surface area contributed by atoms with Crippen molar-refractivity contribution in [2.75, 3.05) is 0 Å². The van der Waals surface area contributed by atoms with Gasteiger partial charge in [0.2, 0.25) is 0 Å². The first-order valence-corrected chi connectivity index (χ1v) is 3.49. The summed E-state index contributed by atoms with van der Waals surface area (Å²) in [5.74, 6) is 0.620. The molecule has 0 amide bonds. The van der Waals surface area contributed by atoms with Crippen LogP contribution in [-0.2, 0) is 0 Å². The van der Waals surface area contributed by atoms with Crippen LogP contribution in [0, 0.1) is 5.92 Å². The molecule has 0 aromatic rings. The van der Waals surface area contributed by atoms with Gasteiger partial charge in [0.15, 0.2) is 0 Å². The molecule has 1 unspecified atom stereocenters. The van der Waals surface area contributed by atoms with Crippen molar-refractivity contribution in [1.29, 1.82) is 0 Å². The van der Waals surface area contributed by atoms with Gasteiger partial charge < -0.3 is 5.11 Å². The fraction of sp³-hybridized carbons (Fsp3) is 1.00. The van der Waals surface area contributed by atoms with E-state index in [1.165, 1.54) is 25.7 Å². The van der Waals surface area contributed by atoms with Gasteiger partial charge in [-0.1, -0.05) is 12.8 Å². The third-order valence-corrected chi connectivity index (χ3v) is 2.08. The highest BCUT2D eigenvalue weighted by atomic mass is 16.3. The number of hydrogen-bond acceptors (Lipinski definition) is 1. The first-order valence-electron chi connectivity index (χ1n) is 3.49. The summed E-state index contributed by atoms with van der Waals surface area (Å²) in [4.78, 5) is 0. The smallest absolute Gasteiger partial charge is 0.0540 e. The molecule has 1 heteroatoms. The summed E-state index contributed by atoms with van der Waals surface area (Å²) in [6.07, 6.45) is 5.10. The van der Waals surface area contributed by atoms with Crippen molar-refractivity contribution in [3.05, 3.63) is 0 Å². The van der Waals surface area contributed by atoms with Gasteiger partial charge in [0.25, 0.3) is 0 Å². The van der Waals surface area contributed by atoms with Crippen molar-refractivity contribution >= 4 is 0 Å². The van der Waals surface area contributed by atoms with Crippen LogP contribution in [-0.4, -0.2) is 11.2 Å². The monoisotopic (exact) mass is 114 g/mol. The van der Waals surface area contributed by atoms with Gasteiger partial charge >= 0.3 is 0 Å². The van der Waals surface area contributed by atoms with Gasteiger partial charge in [-0.2, -0.15) is 0 Å². The van der Waals surface area contributed by atoms with E-state index in [-0.39, 0.29) is 6.10 Å². The van der Waals surface area contributed by atoms with Crippen LogP contribution in [0.25, 0.3) is 0 Å². The summed E-state index contributed by atoms with van der Waals surface area (Å²) in [6.45, 7) is 1.90. The van der Waals surface area contributed by atoms with Crippen molar-refractivity contribution in [2.24, 2.45) is 5.92 Å². The van der Waals surface area contributed by atoms with Gasteiger partial charge in [0, 0.05) is 0 Å². The number of hydrogen-bond donors (Lipinski definition) is 1. The molecule has 1 nitrogen and oxygen atoms in total. The quantitative estimate of drug-likeness (QED) is 0.548. The van der Waals surface area contributed by atoms with Crippen molar-refractivity contribution in [2.45, 2.75) is 38.7 Å². The van der Waals surface area contributed by atoms with Crippen LogP contribution in [0.2, 0.25) is 0 Å². The fourth-order valence-electron chi connectivity index (χ4n) is 1.44. The Morgan fingerprint density at radius 3 is 2.12 bits per heavy atom. The number of aliphatic hydroxyl groups is 1. The lowest BCUT2D eigenvalue weighted by Gasteiger charge is -2.10. The molecule has 0 aromatic heterocycles. The SMILES string of the molecule is CC(O)C1CCCC1. The first kappa shape index (κ1) is 6.09. The van der Waals surface area contributed by atoms with E-state index in [1.807, 2.05) is 6.92 Å². The van der Waals surface area contributed by atoms with E-state index in [2.05, 4.69) is 0 Å². The molecule has 0 aliphatic heterocycles. The van der Waals surface area contributed by atoms with E-state index in [9.17, 15) is 0 Å². The maximum absolute atomic E-state index is 9.05. The third kappa shape index (κ3) is 1.22. The molecule has 1 rings (SSSR count). The Morgan fingerprint density at radius 2 is 1.88 bits per heavy atom. The van der Waals surface area contributed by atoms with Gasteiger partial charge in [-0.3, -0.25) is 0 Å². The summed E-state index contributed by atoms with van der Waals surface area (Å²) < 4.78 is 0. The number of rotatable bonds is 1. The molecule has 0 saturated heterocycles. The lowest BCUT2D eigenvalue weighted by molar-refractivity contribution is 0.129. The summed E-state index contributed by atoms with van der Waals surface area (Å²) >= 11 is 0. The van der Waals surface area contributed by atoms with Crippen LogP contribution in [0.5, 0.6) is 0 Å². The highest BCUT2D eigenvalue weighted by Gasteiger charge is 2.18. The summed E-state index contributed by atoms with van der Waals surface area (Å²) in [6, 6.07) is 0. The lowest BCUT2D eigenvalue weighted by atomic mass is 10.0. The molecule has 1 fully saturated rings. The fourth-order valence-corrected chi connectivity index (χ4v) is 1.44. The summed E-state index contributed by atoms with van der Waals surface area (Å²) in [5, 5.41) is 9.05. The molecule has 0 radical (unpaired) electrons. The van der Waals surface area contributed by atoms with Crippen LogP contribution in [0.4, 0.5) is 0 Å². The van der Waals surface area contributed by atoms with E-state index in [4.69, 9.17) is 5.11 Å². The van der Waals surface area contributed by atoms with E-state index < -0.39 is 0 Å². The standard InChI is InChI=1S/C7H14O/c1-6(8)7-4-2-3-5-7/h6-8H,2-5H2,1H3. The predicted molar refractivity (Wildman–Crippen MR) is 33.6 cm³/mol. The lowest BCUT2D eigenvalue weighted by Crippen LogP contribution is -2.11. The second-order valence-corrected chi connectivity index (χ2v) is 2.79. The molecule has 8 heavy (non-hydrogen) atoms. The average molecular weight is 114 g/mol. The van der Waals surface area contributed by atoms with Crippen LogP contribution in [0.1, 0.15) is 32.6 Å². The van der Waals surface area contributed by atoms with Crippen LogP contribution >= 0.6 is 0 Å². The van der Waals surface area contributed by atoms with Gasteiger partial charge in [-0.15, -0.1) is 0 Å². The van der Waals surface area contributed by atoms with E-state index >= 15 is 0 Å². The second-order valence-electron chi connectivity index (χ2n) is 2.79. The molecule has 0 bridgehead atoms. The van der Waals surface area contributed by atoms with E-state index in [0.29, 0.717) is 5.92 Å². The zero-order chi connectivity index (χ0) is 5.98. The summed E-state index contributed by atoms with van der Waals surface area (Å²) in [7, 11) is 0. The topological polar surface area (TPSA) is 20.2 Å². The van der Waals surface area contributed by atoms with E-state index in [1.54, 1.807) is 0 Å². The first-order chi connectivity index (χ1) is 3.80.